The third-order valence-electron chi connectivity index (χ3n) is 4.13. The lowest BCUT2D eigenvalue weighted by molar-refractivity contribution is -0.116. The van der Waals surface area contributed by atoms with Gasteiger partial charge in [0.2, 0.25) is 17.9 Å². The van der Waals surface area contributed by atoms with Crippen molar-refractivity contribution in [3.8, 4) is 22.6 Å². The second-order valence-electron chi connectivity index (χ2n) is 5.80. The van der Waals surface area contributed by atoms with Gasteiger partial charge >= 0.3 is 0 Å². The maximum Gasteiger partial charge on any atom is 0.231 e. The third-order valence-corrected chi connectivity index (χ3v) is 4.42. The number of aromatic amines is 1. The lowest BCUT2D eigenvalue weighted by Crippen LogP contribution is -2.13. The van der Waals surface area contributed by atoms with E-state index in [9.17, 15) is 4.79 Å². The van der Waals surface area contributed by atoms with Gasteiger partial charge in [-0.2, -0.15) is 5.10 Å². The number of halogens is 1. The molecule has 0 radical (unpaired) electrons. The minimum absolute atomic E-state index is 0.173. The van der Waals surface area contributed by atoms with Crippen molar-refractivity contribution in [3.63, 3.8) is 0 Å². The van der Waals surface area contributed by atoms with Crippen molar-refractivity contribution in [2.45, 2.75) is 19.8 Å². The number of carbonyl (C=O) groups excluding carboxylic acids is 1. The molecule has 1 aromatic carbocycles. The van der Waals surface area contributed by atoms with Crippen LogP contribution in [-0.2, 0) is 11.2 Å². The number of amides is 1. The predicted octanol–water partition coefficient (Wildman–Crippen LogP) is 3.33. The summed E-state index contributed by atoms with van der Waals surface area (Å²) in [6.45, 7) is 1.99. The number of rotatable bonds is 5. The Bertz CT molecular complexity index is 946. The molecule has 0 bridgehead atoms. The number of hydrogen-bond acceptors (Lipinski definition) is 6. The van der Waals surface area contributed by atoms with Gasteiger partial charge in [0.1, 0.15) is 5.82 Å². The molecule has 3 aromatic rings. The van der Waals surface area contributed by atoms with Crippen LogP contribution in [0.1, 0.15) is 17.7 Å². The lowest BCUT2D eigenvalue weighted by atomic mass is 10.1. The van der Waals surface area contributed by atoms with Crippen molar-refractivity contribution in [1.29, 1.82) is 0 Å². The number of hydrogen-bond donors (Lipinski definition) is 2. The van der Waals surface area contributed by atoms with Crippen LogP contribution in [0.4, 0.5) is 5.82 Å². The van der Waals surface area contributed by atoms with Gasteiger partial charge in [-0.15, -0.1) is 0 Å². The van der Waals surface area contributed by atoms with Gasteiger partial charge in [0.15, 0.2) is 11.5 Å². The number of H-pyrrole nitrogens is 1. The Morgan fingerprint density at radius 2 is 2.19 bits per heavy atom. The summed E-state index contributed by atoms with van der Waals surface area (Å²) in [6.07, 6.45) is 2.32. The Labute approximate surface area is 153 Å². The summed E-state index contributed by atoms with van der Waals surface area (Å²) >= 11 is 5.92. The highest BCUT2D eigenvalue weighted by Crippen LogP contribution is 2.37. The van der Waals surface area contributed by atoms with Gasteiger partial charge in [-0.25, -0.2) is 0 Å². The summed E-state index contributed by atoms with van der Waals surface area (Å²) in [5, 5.41) is 13.7. The normalized spacial score (nSPS) is 12.4. The Hall–Kier alpha value is -3.00. The number of anilines is 1. The molecule has 0 spiro atoms. The van der Waals surface area contributed by atoms with Crippen LogP contribution in [0.3, 0.4) is 0 Å². The molecule has 0 fully saturated rings. The monoisotopic (exact) mass is 374 g/mol. The zero-order valence-corrected chi connectivity index (χ0v) is 14.6. The third kappa shape index (κ3) is 3.11. The molecular formula is C17H15ClN4O4. The number of ether oxygens (including phenoxy) is 2. The maximum absolute atomic E-state index is 12.3. The molecule has 0 unspecified atom stereocenters. The highest BCUT2D eigenvalue weighted by atomic mass is 35.5. The molecule has 1 aliphatic heterocycles. The fraction of sp³-hybridized carbons (Fsp3) is 0.235. The summed E-state index contributed by atoms with van der Waals surface area (Å²) in [5.74, 6) is 1.71. The van der Waals surface area contributed by atoms with Crippen LogP contribution in [0.15, 0.2) is 28.9 Å². The van der Waals surface area contributed by atoms with Crippen LogP contribution in [0.25, 0.3) is 11.1 Å². The van der Waals surface area contributed by atoms with Crippen molar-refractivity contribution >= 4 is 23.3 Å². The topological polar surface area (TPSA) is 102 Å². The number of aryl methyl sites for hydroxylation is 1. The molecule has 2 aromatic heterocycles. The molecular weight excluding hydrogens is 360 g/mol. The van der Waals surface area contributed by atoms with Gasteiger partial charge < -0.3 is 19.3 Å². The van der Waals surface area contributed by atoms with Crippen LogP contribution in [0, 0.1) is 6.92 Å². The number of carbonyl (C=O) groups is 1. The molecule has 0 saturated carbocycles. The van der Waals surface area contributed by atoms with E-state index >= 15 is 0 Å². The second-order valence-corrected chi connectivity index (χ2v) is 6.14. The number of nitrogens with zero attached hydrogens (tertiary/aromatic N) is 2. The molecule has 2 N–H and O–H groups in total. The summed E-state index contributed by atoms with van der Waals surface area (Å²) in [7, 11) is 0. The number of nitrogens with one attached hydrogen (secondary N) is 2. The molecule has 3 heterocycles. The van der Waals surface area contributed by atoms with Crippen LogP contribution in [0.5, 0.6) is 11.5 Å². The van der Waals surface area contributed by atoms with E-state index in [2.05, 4.69) is 20.7 Å². The first-order valence-corrected chi connectivity index (χ1v) is 8.33. The Morgan fingerprint density at radius 1 is 1.35 bits per heavy atom. The van der Waals surface area contributed by atoms with E-state index in [1.54, 1.807) is 13.1 Å². The number of aromatic nitrogens is 3. The highest BCUT2D eigenvalue weighted by Gasteiger charge is 2.18. The number of benzene rings is 1. The van der Waals surface area contributed by atoms with E-state index in [1.165, 1.54) is 0 Å². The average Bonchev–Trinajstić information content (AvgIpc) is 3.34. The minimum atomic E-state index is -0.173. The SMILES string of the molecule is Cc1noc(Cl)c1CCC(=O)Nc1[nH]ncc1-c1ccc2c(c1)OCO2. The van der Waals surface area contributed by atoms with Crippen LogP contribution in [-0.4, -0.2) is 28.1 Å². The van der Waals surface area contributed by atoms with Crippen molar-refractivity contribution < 1.29 is 18.8 Å². The van der Waals surface area contributed by atoms with Gasteiger partial charge in [0.25, 0.3) is 0 Å². The Balaban J connectivity index is 1.46. The van der Waals surface area contributed by atoms with Crippen LogP contribution >= 0.6 is 11.6 Å². The van der Waals surface area contributed by atoms with E-state index in [0.29, 0.717) is 29.4 Å². The molecule has 4 rings (SSSR count). The fourth-order valence-electron chi connectivity index (χ4n) is 2.74. The smallest absolute Gasteiger partial charge is 0.231 e. The lowest BCUT2D eigenvalue weighted by Gasteiger charge is -2.07. The maximum atomic E-state index is 12.3. The predicted molar refractivity (Wildman–Crippen MR) is 93.3 cm³/mol. The van der Waals surface area contributed by atoms with Crippen molar-refractivity contribution in [2.75, 3.05) is 12.1 Å². The van der Waals surface area contributed by atoms with Gasteiger partial charge in [-0.05, 0) is 42.6 Å². The fourth-order valence-corrected chi connectivity index (χ4v) is 3.01. The summed E-state index contributed by atoms with van der Waals surface area (Å²) in [5.41, 5.74) is 3.04. The van der Waals surface area contributed by atoms with Crippen molar-refractivity contribution in [1.82, 2.24) is 15.4 Å². The second kappa shape index (κ2) is 6.72. The van der Waals surface area contributed by atoms with Crippen LogP contribution in [0.2, 0.25) is 5.22 Å². The van der Waals surface area contributed by atoms with E-state index in [4.69, 9.17) is 25.6 Å². The number of fused-ring (bicyclic) bond motifs is 1. The largest absolute Gasteiger partial charge is 0.454 e. The summed E-state index contributed by atoms with van der Waals surface area (Å²) in [4.78, 5) is 12.3. The van der Waals surface area contributed by atoms with E-state index in [-0.39, 0.29) is 24.3 Å². The summed E-state index contributed by atoms with van der Waals surface area (Å²) in [6, 6.07) is 5.56. The van der Waals surface area contributed by atoms with Gasteiger partial charge in [-0.3, -0.25) is 9.89 Å². The summed E-state index contributed by atoms with van der Waals surface area (Å²) < 4.78 is 15.6. The molecule has 1 amide bonds. The first kappa shape index (κ1) is 16.5. The zero-order chi connectivity index (χ0) is 18.1. The first-order chi connectivity index (χ1) is 12.6. The van der Waals surface area contributed by atoms with E-state index < -0.39 is 0 Å². The van der Waals surface area contributed by atoms with E-state index in [0.717, 1.165) is 16.7 Å². The molecule has 0 atom stereocenters. The van der Waals surface area contributed by atoms with Crippen LogP contribution < -0.4 is 14.8 Å². The molecule has 134 valence electrons. The molecule has 0 aliphatic carbocycles. The molecule has 1 aliphatic rings. The highest BCUT2D eigenvalue weighted by molar-refractivity contribution is 6.29. The molecule has 9 heteroatoms. The van der Waals surface area contributed by atoms with Crippen molar-refractivity contribution in [2.24, 2.45) is 0 Å². The molecule has 0 saturated heterocycles. The Morgan fingerprint density at radius 3 is 3.00 bits per heavy atom. The molecule has 8 nitrogen and oxygen atoms in total. The van der Waals surface area contributed by atoms with Crippen molar-refractivity contribution in [3.05, 3.63) is 40.9 Å². The molecule has 26 heavy (non-hydrogen) atoms. The average molecular weight is 375 g/mol. The van der Waals surface area contributed by atoms with Gasteiger partial charge in [0, 0.05) is 17.5 Å². The quantitative estimate of drug-likeness (QED) is 0.710. The first-order valence-electron chi connectivity index (χ1n) is 7.95. The minimum Gasteiger partial charge on any atom is -0.454 e. The Kier molecular flexibility index (Phi) is 4.26. The van der Waals surface area contributed by atoms with E-state index in [1.807, 2.05) is 18.2 Å². The van der Waals surface area contributed by atoms with Gasteiger partial charge in [-0.1, -0.05) is 11.2 Å². The zero-order valence-electron chi connectivity index (χ0n) is 13.8. The van der Waals surface area contributed by atoms with Gasteiger partial charge in [0.05, 0.1) is 11.9 Å². The standard InChI is InChI=1S/C17H15ClN4O4/c1-9-11(16(18)26-22-9)3-5-15(23)20-17-12(7-19-21-17)10-2-4-13-14(6-10)25-8-24-13/h2,4,6-7H,3,5,8H2,1H3,(H2,19,20,21,23).